The fraction of sp³-hybridized carbons (Fsp3) is 0.500. The molecule has 0 aromatic carbocycles. The summed E-state index contributed by atoms with van der Waals surface area (Å²) in [5.74, 6) is 0.234. The Hall–Kier alpha value is -1.65. The predicted molar refractivity (Wildman–Crippen MR) is 106 cm³/mol. The van der Waals surface area contributed by atoms with Gasteiger partial charge in [-0.25, -0.2) is 4.79 Å². The lowest BCUT2D eigenvalue weighted by Gasteiger charge is -2.18. The van der Waals surface area contributed by atoms with Crippen LogP contribution in [-0.2, 0) is 22.4 Å². The molecule has 1 amide bonds. The number of methoxy groups -OCH3 is 1. The third-order valence-corrected chi connectivity index (χ3v) is 7.35. The van der Waals surface area contributed by atoms with Crippen LogP contribution in [0.4, 0.5) is 10.1 Å². The summed E-state index contributed by atoms with van der Waals surface area (Å²) in [5, 5.41) is 15.0. The van der Waals surface area contributed by atoms with Gasteiger partial charge in [0.15, 0.2) is 4.34 Å². The first-order valence-electron chi connectivity index (χ1n) is 8.18. The Labute approximate surface area is 163 Å². The Kier molecular flexibility index (Phi) is 6.15. The number of amides is 1. The van der Waals surface area contributed by atoms with Crippen molar-refractivity contribution < 1.29 is 14.3 Å². The molecule has 26 heavy (non-hydrogen) atoms. The van der Waals surface area contributed by atoms with Gasteiger partial charge in [-0.3, -0.25) is 4.79 Å². The minimum atomic E-state index is -0.386. The molecule has 1 atom stereocenters. The lowest BCUT2D eigenvalue weighted by atomic mass is 9.88. The van der Waals surface area contributed by atoms with E-state index in [2.05, 4.69) is 27.8 Å². The van der Waals surface area contributed by atoms with Gasteiger partial charge in [-0.15, -0.1) is 21.5 Å². The number of thioether (sulfide) groups is 1. The Balaban J connectivity index is 1.71. The van der Waals surface area contributed by atoms with Crippen LogP contribution in [0.2, 0.25) is 0 Å². The summed E-state index contributed by atoms with van der Waals surface area (Å²) in [6.07, 6.45) is 2.83. The van der Waals surface area contributed by atoms with Crippen molar-refractivity contribution in [1.29, 1.82) is 0 Å². The van der Waals surface area contributed by atoms with E-state index in [9.17, 15) is 9.59 Å². The lowest BCUT2D eigenvalue weighted by Crippen LogP contribution is -2.17. The second kappa shape index (κ2) is 8.36. The van der Waals surface area contributed by atoms with Gasteiger partial charge in [0, 0.05) is 11.9 Å². The van der Waals surface area contributed by atoms with Crippen molar-refractivity contribution in [3.63, 3.8) is 0 Å². The number of ether oxygens (including phenoxy) is 1. The summed E-state index contributed by atoms with van der Waals surface area (Å²) in [6.45, 7) is 2.21. The first-order chi connectivity index (χ1) is 12.5. The Morgan fingerprint density at radius 1 is 1.35 bits per heavy atom. The van der Waals surface area contributed by atoms with E-state index < -0.39 is 0 Å². The number of thiophene rings is 1. The van der Waals surface area contributed by atoms with Gasteiger partial charge in [0.2, 0.25) is 11.0 Å². The number of hydrogen-bond acceptors (Lipinski definition) is 9. The second-order valence-electron chi connectivity index (χ2n) is 6.01. The SMILES string of the molecule is CNc1nnc(SCC(=O)Nc2sc3c(c2C(=O)OC)CC[C@@H](C)C3)s1. The molecule has 10 heteroatoms. The molecule has 0 bridgehead atoms. The molecule has 2 heterocycles. The summed E-state index contributed by atoms with van der Waals surface area (Å²) in [4.78, 5) is 25.8. The van der Waals surface area contributed by atoms with Gasteiger partial charge in [-0.1, -0.05) is 30.0 Å². The molecule has 0 spiro atoms. The van der Waals surface area contributed by atoms with E-state index in [1.165, 1.54) is 46.4 Å². The third-order valence-electron chi connectivity index (χ3n) is 4.10. The maximum Gasteiger partial charge on any atom is 0.341 e. The maximum atomic E-state index is 12.4. The topological polar surface area (TPSA) is 93.2 Å². The number of nitrogens with zero attached hydrogens (tertiary/aromatic N) is 2. The first kappa shape index (κ1) is 19.1. The van der Waals surface area contributed by atoms with E-state index in [4.69, 9.17) is 4.74 Å². The van der Waals surface area contributed by atoms with Gasteiger partial charge >= 0.3 is 5.97 Å². The van der Waals surface area contributed by atoms with E-state index in [0.29, 0.717) is 21.6 Å². The molecule has 2 aromatic rings. The lowest BCUT2D eigenvalue weighted by molar-refractivity contribution is -0.113. The standard InChI is InChI=1S/C16H20N4O3S3/c1-8-4-5-9-10(6-8)25-13(12(9)14(22)23-3)18-11(21)7-24-16-20-19-15(17-2)26-16/h8H,4-7H2,1-3H3,(H,17,19)(H,18,21)/t8-/m1/s1. The van der Waals surface area contributed by atoms with E-state index >= 15 is 0 Å². The minimum Gasteiger partial charge on any atom is -0.465 e. The fourth-order valence-corrected chi connectivity index (χ4v) is 5.74. The normalized spacial score (nSPS) is 16.0. The van der Waals surface area contributed by atoms with Crippen LogP contribution < -0.4 is 10.6 Å². The minimum absolute atomic E-state index is 0.173. The largest absolute Gasteiger partial charge is 0.465 e. The van der Waals surface area contributed by atoms with E-state index in [1.54, 1.807) is 7.05 Å². The van der Waals surface area contributed by atoms with Crippen LogP contribution in [0.3, 0.4) is 0 Å². The molecule has 0 aliphatic heterocycles. The van der Waals surface area contributed by atoms with Crippen molar-refractivity contribution in [3.05, 3.63) is 16.0 Å². The first-order valence-corrected chi connectivity index (χ1v) is 10.8. The molecule has 2 aromatic heterocycles. The number of rotatable bonds is 6. The average molecular weight is 413 g/mol. The van der Waals surface area contributed by atoms with E-state index in [1.807, 2.05) is 0 Å². The van der Waals surface area contributed by atoms with Crippen molar-refractivity contribution in [2.24, 2.45) is 5.92 Å². The zero-order valence-corrected chi connectivity index (χ0v) is 17.2. The van der Waals surface area contributed by atoms with Crippen molar-refractivity contribution in [2.45, 2.75) is 30.5 Å². The Morgan fingerprint density at radius 3 is 2.85 bits per heavy atom. The Morgan fingerprint density at radius 2 is 2.15 bits per heavy atom. The highest BCUT2D eigenvalue weighted by molar-refractivity contribution is 8.01. The highest BCUT2D eigenvalue weighted by atomic mass is 32.2. The van der Waals surface area contributed by atoms with Gasteiger partial charge in [0.1, 0.15) is 5.00 Å². The van der Waals surface area contributed by atoms with Crippen LogP contribution in [0, 0.1) is 5.92 Å². The predicted octanol–water partition coefficient (Wildman–Crippen LogP) is 3.28. The number of carbonyl (C=O) groups is 2. The molecule has 1 aliphatic rings. The molecule has 140 valence electrons. The van der Waals surface area contributed by atoms with Gasteiger partial charge < -0.3 is 15.4 Å². The van der Waals surface area contributed by atoms with Crippen molar-refractivity contribution in [3.8, 4) is 0 Å². The summed E-state index contributed by atoms with van der Waals surface area (Å²) in [6, 6.07) is 0. The zero-order chi connectivity index (χ0) is 18.7. The molecule has 0 unspecified atom stereocenters. The highest BCUT2D eigenvalue weighted by Crippen LogP contribution is 2.40. The summed E-state index contributed by atoms with van der Waals surface area (Å²) in [5.41, 5.74) is 1.55. The van der Waals surface area contributed by atoms with Crippen molar-refractivity contribution in [2.75, 3.05) is 30.5 Å². The number of carbonyl (C=O) groups excluding carboxylic acids is 2. The average Bonchev–Trinajstić information content (AvgIpc) is 3.22. The van der Waals surface area contributed by atoms with Crippen LogP contribution >= 0.6 is 34.4 Å². The molecule has 0 fully saturated rings. The smallest absolute Gasteiger partial charge is 0.341 e. The van der Waals surface area contributed by atoms with Gasteiger partial charge in [0.25, 0.3) is 0 Å². The van der Waals surface area contributed by atoms with Crippen molar-refractivity contribution >= 4 is 56.4 Å². The molecule has 3 rings (SSSR count). The maximum absolute atomic E-state index is 12.4. The molecule has 1 aliphatic carbocycles. The molecular weight excluding hydrogens is 392 g/mol. The van der Waals surface area contributed by atoms with E-state index in [0.717, 1.165) is 29.2 Å². The quantitative estimate of drug-likeness (QED) is 0.555. The van der Waals surface area contributed by atoms with Gasteiger partial charge in [-0.05, 0) is 30.7 Å². The second-order valence-corrected chi connectivity index (χ2v) is 9.31. The number of aromatic nitrogens is 2. The fourth-order valence-electron chi connectivity index (χ4n) is 2.82. The molecule has 0 radical (unpaired) electrons. The number of fused-ring (bicyclic) bond motifs is 1. The van der Waals surface area contributed by atoms with Crippen LogP contribution in [0.5, 0.6) is 0 Å². The molecule has 0 saturated carbocycles. The number of esters is 1. The van der Waals surface area contributed by atoms with Gasteiger partial charge in [-0.2, -0.15) is 0 Å². The van der Waals surface area contributed by atoms with Crippen LogP contribution in [0.25, 0.3) is 0 Å². The molecule has 2 N–H and O–H groups in total. The monoisotopic (exact) mass is 412 g/mol. The van der Waals surface area contributed by atoms with Crippen molar-refractivity contribution in [1.82, 2.24) is 10.2 Å². The molecule has 0 saturated heterocycles. The zero-order valence-electron chi connectivity index (χ0n) is 14.7. The summed E-state index contributed by atoms with van der Waals surface area (Å²) < 4.78 is 5.66. The highest BCUT2D eigenvalue weighted by Gasteiger charge is 2.28. The van der Waals surface area contributed by atoms with Gasteiger partial charge in [0.05, 0.1) is 18.4 Å². The molecular formula is C16H20N4O3S3. The number of hydrogen-bond donors (Lipinski definition) is 2. The van der Waals surface area contributed by atoms with E-state index in [-0.39, 0.29) is 17.6 Å². The summed E-state index contributed by atoms with van der Waals surface area (Å²) >= 11 is 4.20. The number of nitrogens with one attached hydrogen (secondary N) is 2. The van der Waals surface area contributed by atoms with Crippen LogP contribution in [-0.4, -0.2) is 42.0 Å². The summed E-state index contributed by atoms with van der Waals surface area (Å²) in [7, 11) is 3.14. The van der Waals surface area contributed by atoms with Crippen LogP contribution in [0.15, 0.2) is 4.34 Å². The number of anilines is 2. The Bertz CT molecular complexity index is 818. The molecule has 7 nitrogen and oxygen atoms in total. The third kappa shape index (κ3) is 4.18. The van der Waals surface area contributed by atoms with Crippen LogP contribution in [0.1, 0.15) is 34.1 Å².